The van der Waals surface area contributed by atoms with Crippen LogP contribution in [0.4, 0.5) is 0 Å². The fourth-order valence-electron chi connectivity index (χ4n) is 4.40. The van der Waals surface area contributed by atoms with E-state index < -0.39 is 0 Å². The van der Waals surface area contributed by atoms with Crippen LogP contribution in [-0.2, 0) is 22.5 Å². The van der Waals surface area contributed by atoms with Gasteiger partial charge in [0.1, 0.15) is 0 Å². The Morgan fingerprint density at radius 2 is 1.97 bits per heavy atom. The lowest BCUT2D eigenvalue weighted by atomic mass is 9.99. The number of hydrogen-bond donors (Lipinski definition) is 1. The number of aromatic nitrogens is 3. The van der Waals surface area contributed by atoms with Gasteiger partial charge < -0.3 is 19.3 Å². The molecule has 10 nitrogen and oxygen atoms in total. The number of likely N-dealkylation sites (tertiary alicyclic amines) is 1. The van der Waals surface area contributed by atoms with E-state index in [0.717, 1.165) is 43.9 Å². The van der Waals surface area contributed by atoms with E-state index in [4.69, 9.17) is 19.2 Å². The Hall–Kier alpha value is -2.85. The molecule has 2 aromatic heterocycles. The second-order valence-electron chi connectivity index (χ2n) is 8.48. The third-order valence-corrected chi connectivity index (χ3v) is 5.58. The molecule has 2 aliphatic heterocycles. The Kier molecular flexibility index (Phi) is 8.29. The maximum atomic E-state index is 12.9. The smallest absolute Gasteiger partial charge is 0.290 e. The predicted molar refractivity (Wildman–Crippen MR) is 115 cm³/mol. The molecule has 2 fully saturated rings. The summed E-state index contributed by atoms with van der Waals surface area (Å²) < 4.78 is 10.8. The lowest BCUT2D eigenvalue weighted by Gasteiger charge is -2.35. The van der Waals surface area contributed by atoms with Crippen LogP contribution in [0.15, 0.2) is 23.0 Å². The zero-order valence-electron chi connectivity index (χ0n) is 18.8. The van der Waals surface area contributed by atoms with Gasteiger partial charge in [-0.15, -0.1) is 0 Å². The van der Waals surface area contributed by atoms with Gasteiger partial charge in [0.15, 0.2) is 5.82 Å². The minimum absolute atomic E-state index is 0.0434. The Bertz CT molecular complexity index is 894. The molecule has 0 saturated carbocycles. The van der Waals surface area contributed by atoms with Gasteiger partial charge in [-0.1, -0.05) is 5.16 Å². The Balaban J connectivity index is 0.000000913. The van der Waals surface area contributed by atoms with E-state index in [9.17, 15) is 4.79 Å². The van der Waals surface area contributed by atoms with Gasteiger partial charge in [-0.3, -0.25) is 19.5 Å². The molecule has 1 unspecified atom stereocenters. The molecule has 1 N–H and O–H groups in total. The summed E-state index contributed by atoms with van der Waals surface area (Å²) in [5.74, 6) is 1.93. The van der Waals surface area contributed by atoms with Crippen molar-refractivity contribution in [1.82, 2.24) is 24.9 Å². The van der Waals surface area contributed by atoms with Gasteiger partial charge in [-0.2, -0.15) is 4.98 Å². The highest BCUT2D eigenvalue weighted by Gasteiger charge is 2.28. The van der Waals surface area contributed by atoms with Crippen molar-refractivity contribution < 1.29 is 24.0 Å². The van der Waals surface area contributed by atoms with Crippen LogP contribution in [0.25, 0.3) is 0 Å². The van der Waals surface area contributed by atoms with Crippen molar-refractivity contribution in [2.24, 2.45) is 5.92 Å². The van der Waals surface area contributed by atoms with Gasteiger partial charge in [0.25, 0.3) is 12.4 Å². The molecule has 10 heteroatoms. The van der Waals surface area contributed by atoms with Gasteiger partial charge in [-0.05, 0) is 50.8 Å². The molecular weight excluding hydrogens is 414 g/mol. The molecule has 0 spiro atoms. The van der Waals surface area contributed by atoms with Crippen LogP contribution in [0.3, 0.4) is 0 Å². The first kappa shape index (κ1) is 23.8. The monoisotopic (exact) mass is 445 g/mol. The summed E-state index contributed by atoms with van der Waals surface area (Å²) in [4.78, 5) is 34.2. The predicted octanol–water partition coefficient (Wildman–Crippen LogP) is 1.79. The van der Waals surface area contributed by atoms with Crippen molar-refractivity contribution in [3.05, 3.63) is 41.3 Å². The number of pyridine rings is 1. The standard InChI is InChI=1S/C21H29N5O3.CH2O2/c1-14-10-26(11-15(2)28-14)21(27)19-7-18(8-22-9-19)6-17-4-5-25(12-17)13-20-23-16(3)29-24-20;2-1-3/h7-9,14-15,17H,4-6,10-13H2,1-3H3;1H,(H,2,3)/t14-,15+,17?;. The highest BCUT2D eigenvalue weighted by Crippen LogP contribution is 2.23. The minimum atomic E-state index is -0.250. The normalized spacial score (nSPS) is 23.5. The first-order valence-electron chi connectivity index (χ1n) is 10.9. The van der Waals surface area contributed by atoms with Crippen LogP contribution in [0.5, 0.6) is 0 Å². The van der Waals surface area contributed by atoms with Crippen molar-refractivity contribution in [3.63, 3.8) is 0 Å². The number of nitrogens with zero attached hydrogens (tertiary/aromatic N) is 5. The third-order valence-electron chi connectivity index (χ3n) is 5.58. The molecule has 3 atom stereocenters. The molecule has 0 radical (unpaired) electrons. The Morgan fingerprint density at radius 1 is 1.25 bits per heavy atom. The fourth-order valence-corrected chi connectivity index (χ4v) is 4.40. The van der Waals surface area contributed by atoms with Crippen LogP contribution in [0, 0.1) is 12.8 Å². The van der Waals surface area contributed by atoms with Crippen molar-refractivity contribution in [2.45, 2.75) is 52.4 Å². The third kappa shape index (κ3) is 6.57. The van der Waals surface area contributed by atoms with Gasteiger partial charge in [0.2, 0.25) is 5.89 Å². The molecule has 0 aliphatic carbocycles. The molecule has 2 saturated heterocycles. The first-order chi connectivity index (χ1) is 15.4. The summed E-state index contributed by atoms with van der Waals surface area (Å²) >= 11 is 0. The van der Waals surface area contributed by atoms with E-state index in [0.29, 0.717) is 30.5 Å². The lowest BCUT2D eigenvalue weighted by molar-refractivity contribution is -0.122. The van der Waals surface area contributed by atoms with Crippen LogP contribution in [0.1, 0.15) is 47.9 Å². The van der Waals surface area contributed by atoms with Crippen molar-refractivity contribution in [3.8, 4) is 0 Å². The molecule has 32 heavy (non-hydrogen) atoms. The van der Waals surface area contributed by atoms with Crippen LogP contribution < -0.4 is 0 Å². The molecule has 0 aromatic carbocycles. The van der Waals surface area contributed by atoms with E-state index in [1.54, 1.807) is 6.20 Å². The summed E-state index contributed by atoms with van der Waals surface area (Å²) in [6.07, 6.45) is 5.72. The summed E-state index contributed by atoms with van der Waals surface area (Å²) in [5.41, 5.74) is 1.79. The Labute approximate surface area is 187 Å². The van der Waals surface area contributed by atoms with Gasteiger partial charge >= 0.3 is 0 Å². The van der Waals surface area contributed by atoms with E-state index >= 15 is 0 Å². The summed E-state index contributed by atoms with van der Waals surface area (Å²) in [6, 6.07) is 2.01. The number of morpholine rings is 1. The van der Waals surface area contributed by atoms with Gasteiger partial charge in [0.05, 0.1) is 24.3 Å². The topological polar surface area (TPSA) is 122 Å². The second-order valence-corrected chi connectivity index (χ2v) is 8.48. The Morgan fingerprint density at radius 3 is 2.62 bits per heavy atom. The maximum Gasteiger partial charge on any atom is 0.290 e. The van der Waals surface area contributed by atoms with Crippen molar-refractivity contribution in [2.75, 3.05) is 26.2 Å². The molecule has 174 valence electrons. The van der Waals surface area contributed by atoms with Crippen molar-refractivity contribution in [1.29, 1.82) is 0 Å². The van der Waals surface area contributed by atoms with Crippen LogP contribution in [0.2, 0.25) is 0 Å². The average molecular weight is 446 g/mol. The van der Waals surface area contributed by atoms with Crippen LogP contribution >= 0.6 is 0 Å². The summed E-state index contributed by atoms with van der Waals surface area (Å²) in [7, 11) is 0. The number of amides is 1. The number of rotatable bonds is 5. The average Bonchev–Trinajstić information content (AvgIpc) is 3.36. The molecule has 0 bridgehead atoms. The summed E-state index contributed by atoms with van der Waals surface area (Å²) in [6.45, 7) is 9.55. The number of carbonyl (C=O) groups is 2. The molecule has 2 aliphatic rings. The quantitative estimate of drug-likeness (QED) is 0.686. The SMILES string of the molecule is Cc1nc(CN2CCC(Cc3cncc(C(=O)N4C[C@@H](C)O[C@@H](C)C4)c3)C2)no1.O=CO. The number of carboxylic acid groups (broad SMARTS) is 1. The number of aryl methyl sites for hydroxylation is 1. The van der Waals surface area contributed by atoms with E-state index in [-0.39, 0.29) is 24.6 Å². The fraction of sp³-hybridized carbons (Fsp3) is 0.591. The largest absolute Gasteiger partial charge is 0.483 e. The first-order valence-corrected chi connectivity index (χ1v) is 10.9. The highest BCUT2D eigenvalue weighted by atomic mass is 16.5. The lowest BCUT2D eigenvalue weighted by Crippen LogP contribution is -2.48. The van der Waals surface area contributed by atoms with Crippen molar-refractivity contribution >= 4 is 12.4 Å². The number of carbonyl (C=O) groups excluding carboxylic acids is 1. The molecule has 4 rings (SSSR count). The van der Waals surface area contributed by atoms with Gasteiger partial charge in [0, 0.05) is 39.0 Å². The minimum Gasteiger partial charge on any atom is -0.483 e. The molecular formula is C22H31N5O5. The molecule has 4 heterocycles. The van der Waals surface area contributed by atoms with E-state index in [1.807, 2.05) is 37.9 Å². The number of hydrogen-bond acceptors (Lipinski definition) is 8. The molecule has 1 amide bonds. The second kappa shape index (κ2) is 11.1. The summed E-state index contributed by atoms with van der Waals surface area (Å²) in [5, 5.41) is 10.9. The zero-order chi connectivity index (χ0) is 23.1. The molecule has 2 aromatic rings. The number of ether oxygens (including phenoxy) is 1. The van der Waals surface area contributed by atoms with Crippen LogP contribution in [-0.4, -0.2) is 80.8 Å². The van der Waals surface area contributed by atoms with E-state index in [1.165, 1.54) is 0 Å². The van der Waals surface area contributed by atoms with Gasteiger partial charge in [-0.25, -0.2) is 0 Å². The maximum absolute atomic E-state index is 12.9. The highest BCUT2D eigenvalue weighted by molar-refractivity contribution is 5.94. The zero-order valence-corrected chi connectivity index (χ0v) is 18.8. The van der Waals surface area contributed by atoms with E-state index in [2.05, 4.69) is 20.0 Å².